The molecule has 5 heteroatoms. The van der Waals surface area contributed by atoms with E-state index in [9.17, 15) is 9.59 Å². The Bertz CT molecular complexity index is 594. The number of carbonyl (C=O) groups is 2. The third-order valence-corrected chi connectivity index (χ3v) is 3.63. The lowest BCUT2D eigenvalue weighted by molar-refractivity contribution is -0.134. The molecule has 0 aromatic heterocycles. The average molecular weight is 275 g/mol. The van der Waals surface area contributed by atoms with Crippen LogP contribution >= 0.6 is 0 Å². The fraction of sp³-hybridized carbons (Fsp3) is 0.333. The first kappa shape index (κ1) is 14.1. The Morgan fingerprint density at radius 2 is 2.05 bits per heavy atom. The molecule has 1 aliphatic rings. The molecule has 0 aliphatic carbocycles. The number of nitrogens with zero attached hydrogens (tertiary/aromatic N) is 1. The number of methoxy groups -OCH3 is 2. The Balaban J connectivity index is 2.52. The Hall–Kier alpha value is -2.30. The normalized spacial score (nSPS) is 21.2. The highest BCUT2D eigenvalue weighted by Gasteiger charge is 2.44. The van der Waals surface area contributed by atoms with E-state index in [-0.39, 0.29) is 5.91 Å². The van der Waals surface area contributed by atoms with Crippen LogP contribution in [0.15, 0.2) is 30.4 Å². The molecule has 1 atom stereocenters. The number of benzene rings is 1. The van der Waals surface area contributed by atoms with Crippen LogP contribution in [0.25, 0.3) is 0 Å². The molecule has 1 aromatic rings. The molecule has 1 aromatic carbocycles. The molecular weight excluding hydrogens is 258 g/mol. The lowest BCUT2D eigenvalue weighted by Crippen LogP contribution is -2.34. The van der Waals surface area contributed by atoms with Crippen LogP contribution in [-0.2, 0) is 19.7 Å². The molecule has 1 unspecified atom stereocenters. The summed E-state index contributed by atoms with van der Waals surface area (Å²) in [7, 11) is 4.59. The van der Waals surface area contributed by atoms with E-state index in [1.54, 1.807) is 38.1 Å². The molecule has 1 aliphatic heterocycles. The largest absolute Gasteiger partial charge is 0.497 e. The summed E-state index contributed by atoms with van der Waals surface area (Å²) >= 11 is 0. The van der Waals surface area contributed by atoms with Crippen molar-refractivity contribution in [1.29, 1.82) is 0 Å². The Kier molecular flexibility index (Phi) is 3.53. The molecule has 0 N–H and O–H groups in total. The van der Waals surface area contributed by atoms with Crippen molar-refractivity contribution < 1.29 is 19.1 Å². The van der Waals surface area contributed by atoms with Gasteiger partial charge in [0.2, 0.25) is 5.91 Å². The second-order valence-corrected chi connectivity index (χ2v) is 4.81. The van der Waals surface area contributed by atoms with Gasteiger partial charge in [0, 0.05) is 18.8 Å². The van der Waals surface area contributed by atoms with Gasteiger partial charge in [-0.05, 0) is 30.7 Å². The fourth-order valence-electron chi connectivity index (χ4n) is 2.39. The summed E-state index contributed by atoms with van der Waals surface area (Å²) in [6.45, 7) is 1.77. The molecule has 0 radical (unpaired) electrons. The number of hydrogen-bond acceptors (Lipinski definition) is 4. The molecule has 0 saturated heterocycles. The number of fused-ring (bicyclic) bond motifs is 1. The minimum atomic E-state index is -0.896. The first-order chi connectivity index (χ1) is 9.43. The highest BCUT2D eigenvalue weighted by atomic mass is 16.5. The molecule has 20 heavy (non-hydrogen) atoms. The van der Waals surface area contributed by atoms with Crippen molar-refractivity contribution in [1.82, 2.24) is 0 Å². The Labute approximate surface area is 117 Å². The van der Waals surface area contributed by atoms with Crippen molar-refractivity contribution >= 4 is 17.6 Å². The third kappa shape index (κ3) is 2.05. The lowest BCUT2D eigenvalue weighted by Gasteiger charge is -2.18. The monoisotopic (exact) mass is 275 g/mol. The molecule has 1 amide bonds. The van der Waals surface area contributed by atoms with Crippen molar-refractivity contribution in [2.45, 2.75) is 12.3 Å². The first-order valence-corrected chi connectivity index (χ1v) is 6.18. The molecule has 1 heterocycles. The van der Waals surface area contributed by atoms with E-state index in [1.165, 1.54) is 13.2 Å². The molecule has 0 fully saturated rings. The highest BCUT2D eigenvalue weighted by molar-refractivity contribution is 6.09. The number of amides is 1. The summed E-state index contributed by atoms with van der Waals surface area (Å²) in [6.07, 6.45) is 2.85. The van der Waals surface area contributed by atoms with Crippen LogP contribution in [0.3, 0.4) is 0 Å². The van der Waals surface area contributed by atoms with Gasteiger partial charge in [0.05, 0.1) is 19.6 Å². The van der Waals surface area contributed by atoms with Crippen molar-refractivity contribution in [2.75, 3.05) is 26.2 Å². The minimum Gasteiger partial charge on any atom is -0.497 e. The number of esters is 1. The number of hydrogen-bond donors (Lipinski definition) is 0. The SMILES string of the molecule is COC(=O)/C=C/C1(C)C(=O)N(C)c2ccc(OC)cc21. The van der Waals surface area contributed by atoms with E-state index in [2.05, 4.69) is 4.74 Å². The highest BCUT2D eigenvalue weighted by Crippen LogP contribution is 2.43. The molecular formula is C15H17NO4. The van der Waals surface area contributed by atoms with Crippen LogP contribution in [0.1, 0.15) is 12.5 Å². The van der Waals surface area contributed by atoms with Gasteiger partial charge in [-0.3, -0.25) is 4.79 Å². The van der Waals surface area contributed by atoms with Crippen LogP contribution in [0.5, 0.6) is 5.75 Å². The van der Waals surface area contributed by atoms with Gasteiger partial charge in [-0.25, -0.2) is 4.79 Å². The van der Waals surface area contributed by atoms with Crippen LogP contribution in [-0.4, -0.2) is 33.1 Å². The Morgan fingerprint density at radius 1 is 1.35 bits per heavy atom. The molecule has 5 nitrogen and oxygen atoms in total. The van der Waals surface area contributed by atoms with Crippen LogP contribution in [0.2, 0.25) is 0 Å². The van der Waals surface area contributed by atoms with E-state index < -0.39 is 11.4 Å². The van der Waals surface area contributed by atoms with Crippen molar-refractivity contribution in [3.63, 3.8) is 0 Å². The summed E-state index contributed by atoms with van der Waals surface area (Å²) in [4.78, 5) is 25.3. The average Bonchev–Trinajstić information content (AvgIpc) is 2.67. The fourth-order valence-corrected chi connectivity index (χ4v) is 2.39. The van der Waals surface area contributed by atoms with Crippen LogP contribution in [0, 0.1) is 0 Å². The minimum absolute atomic E-state index is 0.0964. The summed E-state index contributed by atoms with van der Waals surface area (Å²) in [5.74, 6) is 0.0865. The van der Waals surface area contributed by atoms with E-state index in [1.807, 2.05) is 12.1 Å². The molecule has 0 spiro atoms. The topological polar surface area (TPSA) is 55.8 Å². The number of carbonyl (C=O) groups excluding carboxylic acids is 2. The van der Waals surface area contributed by atoms with Crippen LogP contribution < -0.4 is 9.64 Å². The summed E-state index contributed by atoms with van der Waals surface area (Å²) in [5.41, 5.74) is 0.726. The molecule has 106 valence electrons. The molecule has 2 rings (SSSR count). The van der Waals surface area contributed by atoms with Gasteiger partial charge in [0.15, 0.2) is 0 Å². The van der Waals surface area contributed by atoms with Gasteiger partial charge in [-0.2, -0.15) is 0 Å². The summed E-state index contributed by atoms with van der Waals surface area (Å²) in [5, 5.41) is 0. The molecule has 0 bridgehead atoms. The zero-order valence-electron chi connectivity index (χ0n) is 12.0. The van der Waals surface area contributed by atoms with Crippen LogP contribution in [0.4, 0.5) is 5.69 Å². The maximum absolute atomic E-state index is 12.5. The zero-order valence-corrected chi connectivity index (χ0v) is 12.0. The molecule has 0 saturated carbocycles. The number of rotatable bonds is 3. The Morgan fingerprint density at radius 3 is 2.65 bits per heavy atom. The predicted octanol–water partition coefficient (Wildman–Crippen LogP) is 1.66. The zero-order chi connectivity index (χ0) is 14.9. The van der Waals surface area contributed by atoms with E-state index in [0.29, 0.717) is 5.75 Å². The number of ether oxygens (including phenoxy) is 2. The predicted molar refractivity (Wildman–Crippen MR) is 74.9 cm³/mol. The third-order valence-electron chi connectivity index (χ3n) is 3.63. The summed E-state index contributed by atoms with van der Waals surface area (Å²) in [6, 6.07) is 5.46. The lowest BCUT2D eigenvalue weighted by atomic mass is 9.83. The van der Waals surface area contributed by atoms with E-state index in [4.69, 9.17) is 4.74 Å². The summed E-state index contributed by atoms with van der Waals surface area (Å²) < 4.78 is 9.78. The number of likely N-dealkylation sites (N-methyl/N-ethyl adjacent to an activating group) is 1. The standard InChI is InChI=1S/C15H17NO4/c1-15(8-7-13(17)20-4)11-9-10(19-3)5-6-12(11)16(2)14(15)18/h5-9H,1-4H3/b8-7+. The van der Waals surface area contributed by atoms with Crippen molar-refractivity contribution in [3.8, 4) is 5.75 Å². The van der Waals surface area contributed by atoms with E-state index >= 15 is 0 Å². The van der Waals surface area contributed by atoms with Gasteiger partial charge in [-0.15, -0.1) is 0 Å². The quantitative estimate of drug-likeness (QED) is 0.622. The van der Waals surface area contributed by atoms with Crippen molar-refractivity contribution in [3.05, 3.63) is 35.9 Å². The smallest absolute Gasteiger partial charge is 0.330 e. The second kappa shape index (κ2) is 5.00. The van der Waals surface area contributed by atoms with Gasteiger partial charge >= 0.3 is 5.97 Å². The number of anilines is 1. The second-order valence-electron chi connectivity index (χ2n) is 4.81. The van der Waals surface area contributed by atoms with Crippen molar-refractivity contribution in [2.24, 2.45) is 0 Å². The van der Waals surface area contributed by atoms with Gasteiger partial charge in [0.25, 0.3) is 0 Å². The van der Waals surface area contributed by atoms with Gasteiger partial charge < -0.3 is 14.4 Å². The maximum atomic E-state index is 12.5. The first-order valence-electron chi connectivity index (χ1n) is 6.18. The van der Waals surface area contributed by atoms with Gasteiger partial charge in [-0.1, -0.05) is 6.08 Å². The maximum Gasteiger partial charge on any atom is 0.330 e. The van der Waals surface area contributed by atoms with E-state index in [0.717, 1.165) is 11.3 Å². The van der Waals surface area contributed by atoms with Gasteiger partial charge in [0.1, 0.15) is 5.75 Å².